The minimum Gasteiger partial charge on any atom is -0.335 e. The van der Waals surface area contributed by atoms with Crippen molar-refractivity contribution in [1.82, 2.24) is 5.32 Å². The van der Waals surface area contributed by atoms with Crippen LogP contribution in [-0.2, 0) is 13.0 Å². The first-order valence-electron chi connectivity index (χ1n) is 7.08. The molecule has 2 aromatic rings. The van der Waals surface area contributed by atoms with Gasteiger partial charge in [0.1, 0.15) is 0 Å². The zero-order valence-corrected chi connectivity index (χ0v) is 12.2. The minimum absolute atomic E-state index is 0.0655. The van der Waals surface area contributed by atoms with E-state index in [9.17, 15) is 4.79 Å². The molecule has 0 heterocycles. The average molecular weight is 283 g/mol. The molecule has 4 N–H and O–H groups in total. The van der Waals surface area contributed by atoms with Gasteiger partial charge in [-0.25, -0.2) is 4.79 Å². The molecule has 1 unspecified atom stereocenters. The van der Waals surface area contributed by atoms with Crippen molar-refractivity contribution in [3.05, 3.63) is 65.7 Å². The normalized spacial score (nSPS) is 11.7. The molecular formula is C17H21N3O. The van der Waals surface area contributed by atoms with Gasteiger partial charge >= 0.3 is 6.03 Å². The van der Waals surface area contributed by atoms with E-state index in [1.165, 1.54) is 5.56 Å². The Balaban J connectivity index is 1.83. The van der Waals surface area contributed by atoms with Crippen LogP contribution in [-0.4, -0.2) is 12.1 Å². The van der Waals surface area contributed by atoms with Crippen LogP contribution < -0.4 is 16.4 Å². The topological polar surface area (TPSA) is 67.2 Å². The monoisotopic (exact) mass is 283 g/mol. The standard InChI is InChI=1S/C17H21N3O/c1-13(11-14-5-3-2-4-6-14)19-17(21)20-16-9-7-15(12-18)8-10-16/h2-10,13H,11-12,18H2,1H3,(H2,19,20,21). The highest BCUT2D eigenvalue weighted by atomic mass is 16.2. The van der Waals surface area contributed by atoms with Crippen LogP contribution in [0.3, 0.4) is 0 Å². The number of nitrogens with two attached hydrogens (primary N) is 1. The summed E-state index contributed by atoms with van der Waals surface area (Å²) in [7, 11) is 0. The molecule has 0 radical (unpaired) electrons. The number of anilines is 1. The van der Waals surface area contributed by atoms with Crippen LogP contribution in [0.25, 0.3) is 0 Å². The smallest absolute Gasteiger partial charge is 0.319 e. The molecule has 0 fully saturated rings. The van der Waals surface area contributed by atoms with E-state index in [0.29, 0.717) is 6.54 Å². The molecule has 0 aliphatic carbocycles. The van der Waals surface area contributed by atoms with Crippen molar-refractivity contribution in [2.24, 2.45) is 5.73 Å². The van der Waals surface area contributed by atoms with Gasteiger partial charge < -0.3 is 16.4 Å². The molecule has 2 amide bonds. The van der Waals surface area contributed by atoms with Crippen molar-refractivity contribution in [2.45, 2.75) is 25.9 Å². The average Bonchev–Trinajstić information content (AvgIpc) is 2.48. The molecule has 4 heteroatoms. The Labute approximate surface area is 125 Å². The lowest BCUT2D eigenvalue weighted by Crippen LogP contribution is -2.37. The fourth-order valence-electron chi connectivity index (χ4n) is 2.13. The second-order valence-electron chi connectivity index (χ2n) is 5.09. The minimum atomic E-state index is -0.195. The van der Waals surface area contributed by atoms with Gasteiger partial charge in [0.25, 0.3) is 0 Å². The maximum absolute atomic E-state index is 11.9. The maximum Gasteiger partial charge on any atom is 0.319 e. The predicted octanol–water partition coefficient (Wildman–Crippen LogP) is 2.90. The molecule has 0 bridgehead atoms. The Bertz CT molecular complexity index is 566. The Hall–Kier alpha value is -2.33. The number of hydrogen-bond donors (Lipinski definition) is 3. The summed E-state index contributed by atoms with van der Waals surface area (Å²) >= 11 is 0. The molecule has 110 valence electrons. The summed E-state index contributed by atoms with van der Waals surface area (Å²) in [6, 6.07) is 17.5. The summed E-state index contributed by atoms with van der Waals surface area (Å²) in [5.41, 5.74) is 8.55. The SMILES string of the molecule is CC(Cc1ccccc1)NC(=O)Nc1ccc(CN)cc1. The summed E-state index contributed by atoms with van der Waals surface area (Å²) < 4.78 is 0. The zero-order chi connectivity index (χ0) is 15.1. The lowest BCUT2D eigenvalue weighted by atomic mass is 10.1. The Kier molecular flexibility index (Phi) is 5.35. The highest BCUT2D eigenvalue weighted by Gasteiger charge is 2.08. The first-order chi connectivity index (χ1) is 10.2. The van der Waals surface area contributed by atoms with Gasteiger partial charge in [-0.15, -0.1) is 0 Å². The lowest BCUT2D eigenvalue weighted by Gasteiger charge is -2.15. The summed E-state index contributed by atoms with van der Waals surface area (Å²) in [4.78, 5) is 11.9. The van der Waals surface area contributed by atoms with Gasteiger partial charge in [-0.2, -0.15) is 0 Å². The number of urea groups is 1. The molecule has 0 saturated heterocycles. The Morgan fingerprint density at radius 2 is 1.71 bits per heavy atom. The fraction of sp³-hybridized carbons (Fsp3) is 0.235. The second-order valence-corrected chi connectivity index (χ2v) is 5.09. The number of nitrogens with one attached hydrogen (secondary N) is 2. The number of benzene rings is 2. The van der Waals surface area contributed by atoms with Crippen LogP contribution in [0, 0.1) is 0 Å². The summed E-state index contributed by atoms with van der Waals surface area (Å²) in [6.07, 6.45) is 0.806. The van der Waals surface area contributed by atoms with E-state index in [2.05, 4.69) is 22.8 Å². The van der Waals surface area contributed by atoms with Gasteiger partial charge in [0.2, 0.25) is 0 Å². The maximum atomic E-state index is 11.9. The van der Waals surface area contributed by atoms with E-state index >= 15 is 0 Å². The molecule has 0 saturated carbocycles. The van der Waals surface area contributed by atoms with E-state index in [0.717, 1.165) is 17.7 Å². The number of rotatable bonds is 5. The van der Waals surface area contributed by atoms with Gasteiger partial charge in [0.15, 0.2) is 0 Å². The molecule has 0 aliphatic rings. The van der Waals surface area contributed by atoms with E-state index in [-0.39, 0.29) is 12.1 Å². The first-order valence-corrected chi connectivity index (χ1v) is 7.08. The van der Waals surface area contributed by atoms with Gasteiger partial charge in [0.05, 0.1) is 0 Å². The molecular weight excluding hydrogens is 262 g/mol. The predicted molar refractivity (Wildman–Crippen MR) is 86.1 cm³/mol. The third-order valence-electron chi connectivity index (χ3n) is 3.21. The van der Waals surface area contributed by atoms with Crippen molar-refractivity contribution >= 4 is 11.7 Å². The van der Waals surface area contributed by atoms with Crippen molar-refractivity contribution in [3.8, 4) is 0 Å². The van der Waals surface area contributed by atoms with Crippen LogP contribution in [0.2, 0.25) is 0 Å². The van der Waals surface area contributed by atoms with Crippen LogP contribution in [0.1, 0.15) is 18.1 Å². The van der Waals surface area contributed by atoms with E-state index in [1.54, 1.807) is 0 Å². The van der Waals surface area contributed by atoms with E-state index in [1.807, 2.05) is 49.4 Å². The largest absolute Gasteiger partial charge is 0.335 e. The molecule has 0 spiro atoms. The summed E-state index contributed by atoms with van der Waals surface area (Å²) in [5, 5.41) is 5.75. The van der Waals surface area contributed by atoms with Crippen LogP contribution in [0.4, 0.5) is 10.5 Å². The Morgan fingerprint density at radius 1 is 1.05 bits per heavy atom. The van der Waals surface area contributed by atoms with Crippen molar-refractivity contribution in [1.29, 1.82) is 0 Å². The first kappa shape index (κ1) is 15.1. The van der Waals surface area contributed by atoms with Crippen molar-refractivity contribution in [2.75, 3.05) is 5.32 Å². The number of carbonyl (C=O) groups is 1. The van der Waals surface area contributed by atoms with Crippen LogP contribution >= 0.6 is 0 Å². The summed E-state index contributed by atoms with van der Waals surface area (Å²) in [5.74, 6) is 0. The fourth-order valence-corrected chi connectivity index (χ4v) is 2.13. The number of carbonyl (C=O) groups excluding carboxylic acids is 1. The molecule has 0 aliphatic heterocycles. The Morgan fingerprint density at radius 3 is 2.33 bits per heavy atom. The third-order valence-corrected chi connectivity index (χ3v) is 3.21. The van der Waals surface area contributed by atoms with Crippen LogP contribution in [0.15, 0.2) is 54.6 Å². The molecule has 1 atom stereocenters. The second kappa shape index (κ2) is 7.45. The molecule has 21 heavy (non-hydrogen) atoms. The highest BCUT2D eigenvalue weighted by Crippen LogP contribution is 2.09. The number of hydrogen-bond acceptors (Lipinski definition) is 2. The molecule has 0 aromatic heterocycles. The summed E-state index contributed by atoms with van der Waals surface area (Å²) in [6.45, 7) is 2.49. The van der Waals surface area contributed by atoms with E-state index in [4.69, 9.17) is 5.73 Å². The lowest BCUT2D eigenvalue weighted by molar-refractivity contribution is 0.249. The highest BCUT2D eigenvalue weighted by molar-refractivity contribution is 5.89. The van der Waals surface area contributed by atoms with Gasteiger partial charge in [-0.3, -0.25) is 0 Å². The number of amides is 2. The third kappa shape index (κ3) is 4.93. The van der Waals surface area contributed by atoms with Crippen molar-refractivity contribution < 1.29 is 4.79 Å². The molecule has 2 aromatic carbocycles. The zero-order valence-electron chi connectivity index (χ0n) is 12.2. The van der Waals surface area contributed by atoms with Crippen molar-refractivity contribution in [3.63, 3.8) is 0 Å². The van der Waals surface area contributed by atoms with Gasteiger partial charge in [-0.1, -0.05) is 42.5 Å². The molecule has 4 nitrogen and oxygen atoms in total. The van der Waals surface area contributed by atoms with Gasteiger partial charge in [0, 0.05) is 18.3 Å². The quantitative estimate of drug-likeness (QED) is 0.790. The van der Waals surface area contributed by atoms with Gasteiger partial charge in [-0.05, 0) is 36.6 Å². The molecule has 2 rings (SSSR count). The van der Waals surface area contributed by atoms with Crippen LogP contribution in [0.5, 0.6) is 0 Å². The van der Waals surface area contributed by atoms with E-state index < -0.39 is 0 Å².